The fourth-order valence-electron chi connectivity index (χ4n) is 2.84. The summed E-state index contributed by atoms with van der Waals surface area (Å²) in [5.41, 5.74) is 5.19. The molecular weight excluding hydrogens is 446 g/mol. The van der Waals surface area contributed by atoms with Crippen LogP contribution in [0.15, 0.2) is 44.8 Å². The van der Waals surface area contributed by atoms with E-state index in [2.05, 4.69) is 31.2 Å². The van der Waals surface area contributed by atoms with Crippen LogP contribution in [0.3, 0.4) is 0 Å². The Hall–Kier alpha value is -2.23. The normalized spacial score (nSPS) is 11.6. The van der Waals surface area contributed by atoms with Crippen molar-refractivity contribution < 1.29 is 17.9 Å². The van der Waals surface area contributed by atoms with Gasteiger partial charge >= 0.3 is 0 Å². The molecule has 7 nitrogen and oxygen atoms in total. The molecule has 0 saturated carbocycles. The number of halogens is 1. The maximum absolute atomic E-state index is 12.6. The molecule has 2 N–H and O–H groups in total. The number of amides is 1. The van der Waals surface area contributed by atoms with Crippen LogP contribution >= 0.6 is 15.9 Å². The molecular formula is C19H22BrN3O4S. The largest absolute Gasteiger partial charge is 0.496 e. The Morgan fingerprint density at radius 1 is 1.18 bits per heavy atom. The van der Waals surface area contributed by atoms with E-state index in [-0.39, 0.29) is 4.90 Å². The Kier molecular flexibility index (Phi) is 7.34. The highest BCUT2D eigenvalue weighted by Gasteiger charge is 2.20. The zero-order valence-corrected chi connectivity index (χ0v) is 18.4. The molecule has 2 aromatic rings. The highest BCUT2D eigenvalue weighted by Crippen LogP contribution is 2.22. The molecule has 0 saturated heterocycles. The van der Waals surface area contributed by atoms with Gasteiger partial charge in [-0.1, -0.05) is 33.6 Å². The van der Waals surface area contributed by atoms with Crippen LogP contribution in [0.1, 0.15) is 22.3 Å². The molecule has 1 amide bonds. The van der Waals surface area contributed by atoms with Crippen LogP contribution in [0.2, 0.25) is 0 Å². The van der Waals surface area contributed by atoms with E-state index >= 15 is 0 Å². The number of hydrogen-bond donors (Lipinski definition) is 2. The van der Waals surface area contributed by atoms with Gasteiger partial charge in [0.1, 0.15) is 5.75 Å². The lowest BCUT2D eigenvalue weighted by molar-refractivity contribution is -0.119. The van der Waals surface area contributed by atoms with Gasteiger partial charge in [0.25, 0.3) is 5.91 Å². The van der Waals surface area contributed by atoms with Crippen molar-refractivity contribution in [1.29, 1.82) is 0 Å². The first-order chi connectivity index (χ1) is 13.1. The summed E-state index contributed by atoms with van der Waals surface area (Å²) in [6.45, 7) is 4.92. The number of nitrogens with one attached hydrogen (secondary N) is 2. The smallest absolute Gasteiger partial charge is 0.255 e. The molecule has 0 aromatic heterocycles. The predicted molar refractivity (Wildman–Crippen MR) is 112 cm³/mol. The molecule has 0 aliphatic heterocycles. The quantitative estimate of drug-likeness (QED) is 0.483. The lowest BCUT2D eigenvalue weighted by Crippen LogP contribution is -2.35. The molecule has 0 spiro atoms. The molecule has 150 valence electrons. The standard InChI is InChI=1S/C19H22BrN3O4S/c1-12-7-13(2)19(14(3)8-12)28(25,26)22-11-18(24)23-21-10-15-9-16(20)5-6-17(15)27-4/h5-10,22H,11H2,1-4H3,(H,23,24)/b21-10-. The van der Waals surface area contributed by atoms with Crippen LogP contribution in [-0.4, -0.2) is 34.2 Å². The second-order valence-electron chi connectivity index (χ2n) is 6.23. The second-order valence-corrected chi connectivity index (χ2v) is 8.85. The van der Waals surface area contributed by atoms with Crippen molar-refractivity contribution >= 4 is 38.1 Å². The van der Waals surface area contributed by atoms with Gasteiger partial charge in [0, 0.05) is 10.0 Å². The van der Waals surface area contributed by atoms with Gasteiger partial charge in [-0.2, -0.15) is 5.10 Å². The lowest BCUT2D eigenvalue weighted by atomic mass is 10.1. The number of hydrogen-bond acceptors (Lipinski definition) is 5. The zero-order chi connectivity index (χ0) is 20.9. The van der Waals surface area contributed by atoms with E-state index in [4.69, 9.17) is 4.74 Å². The molecule has 0 aliphatic rings. The van der Waals surface area contributed by atoms with Gasteiger partial charge in [-0.15, -0.1) is 0 Å². The van der Waals surface area contributed by atoms with Crippen LogP contribution < -0.4 is 14.9 Å². The summed E-state index contributed by atoms with van der Waals surface area (Å²) in [7, 11) is -2.29. The summed E-state index contributed by atoms with van der Waals surface area (Å²) >= 11 is 3.35. The van der Waals surface area contributed by atoms with Crippen molar-refractivity contribution in [2.24, 2.45) is 5.10 Å². The highest BCUT2D eigenvalue weighted by atomic mass is 79.9. The van der Waals surface area contributed by atoms with E-state index in [1.54, 1.807) is 38.1 Å². The summed E-state index contributed by atoms with van der Waals surface area (Å²) in [5, 5.41) is 3.85. The van der Waals surface area contributed by atoms with Crippen LogP contribution in [0.25, 0.3) is 0 Å². The van der Waals surface area contributed by atoms with Crippen LogP contribution in [0, 0.1) is 20.8 Å². The predicted octanol–water partition coefficient (Wildman–Crippen LogP) is 2.81. The number of nitrogens with zero attached hydrogens (tertiary/aromatic N) is 1. The molecule has 0 unspecified atom stereocenters. The van der Waals surface area contributed by atoms with Gasteiger partial charge in [0.2, 0.25) is 10.0 Å². The van der Waals surface area contributed by atoms with Gasteiger partial charge in [-0.3, -0.25) is 4.79 Å². The van der Waals surface area contributed by atoms with Gasteiger partial charge in [-0.05, 0) is 50.1 Å². The number of hydrazone groups is 1. The number of ether oxygens (including phenoxy) is 1. The third kappa shape index (κ3) is 5.63. The summed E-state index contributed by atoms with van der Waals surface area (Å²) in [5.74, 6) is 0.00318. The minimum absolute atomic E-state index is 0.188. The Labute approximate surface area is 173 Å². The number of carbonyl (C=O) groups excluding carboxylic acids is 1. The number of rotatable bonds is 7. The lowest BCUT2D eigenvalue weighted by Gasteiger charge is -2.12. The van der Waals surface area contributed by atoms with E-state index in [0.717, 1.165) is 10.0 Å². The molecule has 0 aliphatic carbocycles. The SMILES string of the molecule is COc1ccc(Br)cc1/C=N\NC(=O)CNS(=O)(=O)c1c(C)cc(C)cc1C. The fraction of sp³-hybridized carbons (Fsp3) is 0.263. The minimum atomic E-state index is -3.82. The van der Waals surface area contributed by atoms with Crippen molar-refractivity contribution in [3.05, 3.63) is 57.1 Å². The molecule has 2 rings (SSSR count). The first-order valence-corrected chi connectivity index (χ1v) is 10.6. The zero-order valence-electron chi connectivity index (χ0n) is 16.0. The van der Waals surface area contributed by atoms with Crippen LogP contribution in [0.5, 0.6) is 5.75 Å². The van der Waals surface area contributed by atoms with Gasteiger partial charge in [0.05, 0.1) is 24.8 Å². The summed E-state index contributed by atoms with van der Waals surface area (Å²) in [6.07, 6.45) is 1.42. The van der Waals surface area contributed by atoms with Crippen molar-refractivity contribution in [2.75, 3.05) is 13.7 Å². The van der Waals surface area contributed by atoms with Gasteiger partial charge < -0.3 is 4.74 Å². The van der Waals surface area contributed by atoms with Crippen molar-refractivity contribution in [2.45, 2.75) is 25.7 Å². The van der Waals surface area contributed by atoms with E-state index < -0.39 is 22.5 Å². The molecule has 28 heavy (non-hydrogen) atoms. The molecule has 0 atom stereocenters. The Bertz CT molecular complexity index is 997. The Morgan fingerprint density at radius 3 is 2.43 bits per heavy atom. The fourth-order valence-corrected chi connectivity index (χ4v) is 4.65. The first kappa shape index (κ1) is 22.1. The van der Waals surface area contributed by atoms with E-state index in [9.17, 15) is 13.2 Å². The third-order valence-corrected chi connectivity index (χ3v) is 6.08. The summed E-state index contributed by atoms with van der Waals surface area (Å²) in [4.78, 5) is 12.2. The second kappa shape index (κ2) is 9.31. The Morgan fingerprint density at radius 2 is 1.82 bits per heavy atom. The molecule has 0 heterocycles. The number of methoxy groups -OCH3 is 1. The molecule has 0 bridgehead atoms. The maximum atomic E-state index is 12.6. The molecule has 9 heteroatoms. The van der Waals surface area contributed by atoms with Gasteiger partial charge in [-0.25, -0.2) is 18.6 Å². The molecule has 0 radical (unpaired) electrons. The highest BCUT2D eigenvalue weighted by molar-refractivity contribution is 9.10. The van der Waals surface area contributed by atoms with Crippen molar-refractivity contribution in [1.82, 2.24) is 10.1 Å². The topological polar surface area (TPSA) is 96.9 Å². The van der Waals surface area contributed by atoms with E-state index in [1.165, 1.54) is 13.3 Å². The van der Waals surface area contributed by atoms with Crippen molar-refractivity contribution in [3.8, 4) is 5.75 Å². The minimum Gasteiger partial charge on any atom is -0.496 e. The van der Waals surface area contributed by atoms with E-state index in [1.807, 2.05) is 13.0 Å². The average molecular weight is 468 g/mol. The maximum Gasteiger partial charge on any atom is 0.255 e. The van der Waals surface area contributed by atoms with Crippen molar-refractivity contribution in [3.63, 3.8) is 0 Å². The van der Waals surface area contributed by atoms with Crippen LogP contribution in [0.4, 0.5) is 0 Å². The first-order valence-electron chi connectivity index (χ1n) is 8.37. The number of carbonyl (C=O) groups is 1. The number of aryl methyl sites for hydroxylation is 3. The van der Waals surface area contributed by atoms with Gasteiger partial charge in [0.15, 0.2) is 0 Å². The van der Waals surface area contributed by atoms with E-state index in [0.29, 0.717) is 22.4 Å². The molecule has 0 fully saturated rings. The summed E-state index contributed by atoms with van der Waals surface area (Å²) in [6, 6.07) is 8.93. The molecule has 2 aromatic carbocycles. The average Bonchev–Trinajstić information content (AvgIpc) is 2.59. The number of benzene rings is 2. The number of sulfonamides is 1. The third-order valence-electron chi connectivity index (χ3n) is 3.88. The monoisotopic (exact) mass is 467 g/mol. The summed E-state index contributed by atoms with van der Waals surface area (Å²) < 4.78 is 33.5. The van der Waals surface area contributed by atoms with Crippen LogP contribution in [-0.2, 0) is 14.8 Å². The Balaban J connectivity index is 2.02.